The number of ether oxygens (including phenoxy) is 1. The molecule has 2 heterocycles. The SMILES string of the molecule is CC(C)C(ONNC1CCC(n2nc(-c3ccc(Oc4ccccc4)cc3)c3c(N)ncnc32)CC1)N(C)C. The molecule has 5 rings (SSSR count). The third kappa shape index (κ3) is 6.20. The van der Waals surface area contributed by atoms with Gasteiger partial charge in [0.2, 0.25) is 0 Å². The first-order valence-electron chi connectivity index (χ1n) is 13.6. The Kier molecular flexibility index (Phi) is 8.37. The summed E-state index contributed by atoms with van der Waals surface area (Å²) in [6.45, 7) is 4.28. The van der Waals surface area contributed by atoms with Crippen molar-refractivity contribution in [2.75, 3.05) is 19.8 Å². The van der Waals surface area contributed by atoms with Gasteiger partial charge in [-0.25, -0.2) is 20.1 Å². The molecule has 0 bridgehead atoms. The summed E-state index contributed by atoms with van der Waals surface area (Å²) in [5, 5.41) is 5.82. The normalized spacial score (nSPS) is 18.6. The molecule has 0 spiro atoms. The number of para-hydroxylation sites is 1. The van der Waals surface area contributed by atoms with E-state index in [-0.39, 0.29) is 12.3 Å². The van der Waals surface area contributed by atoms with Crippen LogP contribution in [0.15, 0.2) is 60.9 Å². The van der Waals surface area contributed by atoms with Gasteiger partial charge in [0, 0.05) is 11.6 Å². The summed E-state index contributed by atoms with van der Waals surface area (Å²) in [6.07, 6.45) is 5.40. The van der Waals surface area contributed by atoms with Crippen molar-refractivity contribution in [2.45, 2.75) is 57.8 Å². The molecule has 2 aromatic carbocycles. The van der Waals surface area contributed by atoms with E-state index in [1.54, 1.807) is 0 Å². The minimum absolute atomic E-state index is 0.00759. The van der Waals surface area contributed by atoms with Crippen LogP contribution in [0.1, 0.15) is 45.6 Å². The van der Waals surface area contributed by atoms with Crippen molar-refractivity contribution in [2.24, 2.45) is 5.92 Å². The van der Waals surface area contributed by atoms with Gasteiger partial charge in [0.15, 0.2) is 5.65 Å². The van der Waals surface area contributed by atoms with Crippen molar-refractivity contribution in [3.63, 3.8) is 0 Å². The molecule has 2 aromatic heterocycles. The maximum atomic E-state index is 6.35. The van der Waals surface area contributed by atoms with Crippen LogP contribution in [0.2, 0.25) is 0 Å². The van der Waals surface area contributed by atoms with E-state index in [0.717, 1.165) is 59.5 Å². The molecule has 0 saturated heterocycles. The summed E-state index contributed by atoms with van der Waals surface area (Å²) in [5.74, 6) is 2.35. The Bertz CT molecular complexity index is 1340. The molecule has 0 amide bonds. The van der Waals surface area contributed by atoms with E-state index in [9.17, 15) is 0 Å². The number of nitrogens with zero attached hydrogens (tertiary/aromatic N) is 5. The van der Waals surface area contributed by atoms with Crippen molar-refractivity contribution in [3.05, 3.63) is 60.9 Å². The Labute approximate surface area is 229 Å². The van der Waals surface area contributed by atoms with Gasteiger partial charge < -0.3 is 10.5 Å². The molecule has 39 heavy (non-hydrogen) atoms. The molecule has 1 saturated carbocycles. The van der Waals surface area contributed by atoms with Gasteiger partial charge in [0.1, 0.15) is 35.6 Å². The molecule has 0 aliphatic heterocycles. The number of rotatable bonds is 10. The van der Waals surface area contributed by atoms with Gasteiger partial charge in [-0.3, -0.25) is 9.74 Å². The zero-order valence-corrected chi connectivity index (χ0v) is 23.0. The highest BCUT2D eigenvalue weighted by Crippen LogP contribution is 2.36. The average Bonchev–Trinajstić information content (AvgIpc) is 3.33. The maximum absolute atomic E-state index is 6.35. The van der Waals surface area contributed by atoms with E-state index in [0.29, 0.717) is 17.8 Å². The monoisotopic (exact) mass is 530 g/mol. The van der Waals surface area contributed by atoms with Gasteiger partial charge in [0.25, 0.3) is 0 Å². The van der Waals surface area contributed by atoms with Crippen molar-refractivity contribution >= 4 is 16.9 Å². The first-order valence-corrected chi connectivity index (χ1v) is 13.6. The Morgan fingerprint density at radius 1 is 0.949 bits per heavy atom. The van der Waals surface area contributed by atoms with Gasteiger partial charge in [-0.05, 0) is 82.1 Å². The zero-order valence-electron chi connectivity index (χ0n) is 23.0. The smallest absolute Gasteiger partial charge is 0.164 e. The van der Waals surface area contributed by atoms with Crippen LogP contribution in [0.5, 0.6) is 11.5 Å². The predicted octanol–water partition coefficient (Wildman–Crippen LogP) is 4.92. The Hall–Kier alpha value is -3.57. The lowest BCUT2D eigenvalue weighted by molar-refractivity contribution is -0.136. The predicted molar refractivity (Wildman–Crippen MR) is 153 cm³/mol. The highest BCUT2D eigenvalue weighted by molar-refractivity contribution is 5.98. The molecule has 1 fully saturated rings. The molecule has 10 heteroatoms. The van der Waals surface area contributed by atoms with Crippen LogP contribution in [0.25, 0.3) is 22.3 Å². The van der Waals surface area contributed by atoms with Gasteiger partial charge in [0.05, 0.1) is 11.4 Å². The number of hydrogen-bond acceptors (Lipinski definition) is 9. The lowest BCUT2D eigenvalue weighted by Gasteiger charge is -2.31. The Balaban J connectivity index is 1.28. The van der Waals surface area contributed by atoms with E-state index >= 15 is 0 Å². The van der Waals surface area contributed by atoms with Gasteiger partial charge in [-0.1, -0.05) is 32.0 Å². The number of nitrogens with one attached hydrogen (secondary N) is 2. The van der Waals surface area contributed by atoms with Crippen LogP contribution in [0.4, 0.5) is 5.82 Å². The molecule has 1 aliphatic carbocycles. The number of hydrogen-bond donors (Lipinski definition) is 3. The fourth-order valence-corrected chi connectivity index (χ4v) is 5.24. The van der Waals surface area contributed by atoms with Crippen molar-refractivity contribution in [1.29, 1.82) is 0 Å². The fraction of sp³-hybridized carbons (Fsp3) is 0.414. The number of anilines is 1. The highest BCUT2D eigenvalue weighted by Gasteiger charge is 2.27. The summed E-state index contributed by atoms with van der Waals surface area (Å²) in [5.41, 5.74) is 15.2. The number of fused-ring (bicyclic) bond motifs is 1. The van der Waals surface area contributed by atoms with E-state index in [1.807, 2.05) is 73.4 Å². The van der Waals surface area contributed by atoms with Crippen molar-refractivity contribution in [3.8, 4) is 22.8 Å². The second-order valence-electron chi connectivity index (χ2n) is 10.7. The van der Waals surface area contributed by atoms with E-state index in [1.165, 1.54) is 6.33 Å². The number of aromatic nitrogens is 4. The first-order chi connectivity index (χ1) is 18.9. The van der Waals surface area contributed by atoms with Crippen LogP contribution >= 0.6 is 0 Å². The van der Waals surface area contributed by atoms with Crippen molar-refractivity contribution in [1.82, 2.24) is 35.7 Å². The van der Waals surface area contributed by atoms with E-state index in [4.69, 9.17) is 20.4 Å². The topological polar surface area (TPSA) is 115 Å². The summed E-state index contributed by atoms with van der Waals surface area (Å²) < 4.78 is 8.00. The molecule has 1 atom stereocenters. The summed E-state index contributed by atoms with van der Waals surface area (Å²) in [7, 11) is 4.03. The van der Waals surface area contributed by atoms with Gasteiger partial charge in [-0.2, -0.15) is 5.10 Å². The fourth-order valence-electron chi connectivity index (χ4n) is 5.24. The molecule has 206 valence electrons. The molecule has 10 nitrogen and oxygen atoms in total. The van der Waals surface area contributed by atoms with Crippen LogP contribution in [0.3, 0.4) is 0 Å². The summed E-state index contributed by atoms with van der Waals surface area (Å²) in [6, 6.07) is 18.2. The third-order valence-electron chi connectivity index (χ3n) is 7.19. The largest absolute Gasteiger partial charge is 0.457 e. The summed E-state index contributed by atoms with van der Waals surface area (Å²) >= 11 is 0. The van der Waals surface area contributed by atoms with Gasteiger partial charge in [-0.15, -0.1) is 5.59 Å². The number of nitrogens with two attached hydrogens (primary N) is 1. The second-order valence-corrected chi connectivity index (χ2v) is 10.7. The van der Waals surface area contributed by atoms with Crippen LogP contribution in [-0.2, 0) is 4.84 Å². The molecular formula is C29H38N8O2. The van der Waals surface area contributed by atoms with E-state index < -0.39 is 0 Å². The van der Waals surface area contributed by atoms with E-state index in [2.05, 4.69) is 39.7 Å². The zero-order chi connectivity index (χ0) is 27.4. The van der Waals surface area contributed by atoms with Crippen LogP contribution < -0.4 is 21.5 Å². The average molecular weight is 531 g/mol. The molecule has 4 N–H and O–H groups in total. The number of benzene rings is 2. The Morgan fingerprint density at radius 3 is 2.31 bits per heavy atom. The molecule has 0 radical (unpaired) electrons. The summed E-state index contributed by atoms with van der Waals surface area (Å²) in [4.78, 5) is 16.8. The van der Waals surface area contributed by atoms with Gasteiger partial charge >= 0.3 is 0 Å². The Morgan fingerprint density at radius 2 is 1.64 bits per heavy atom. The molecule has 1 aliphatic rings. The lowest BCUT2D eigenvalue weighted by atomic mass is 9.92. The lowest BCUT2D eigenvalue weighted by Crippen LogP contribution is -2.48. The minimum Gasteiger partial charge on any atom is -0.457 e. The first kappa shape index (κ1) is 27.0. The highest BCUT2D eigenvalue weighted by atomic mass is 16.7. The molecular weight excluding hydrogens is 492 g/mol. The molecule has 1 unspecified atom stereocenters. The van der Waals surface area contributed by atoms with Crippen molar-refractivity contribution < 1.29 is 9.57 Å². The van der Waals surface area contributed by atoms with Crippen LogP contribution in [0, 0.1) is 5.92 Å². The maximum Gasteiger partial charge on any atom is 0.164 e. The molecule has 4 aromatic rings. The quantitative estimate of drug-likeness (QED) is 0.194. The number of nitrogen functional groups attached to an aromatic ring is 1. The number of hydrazine groups is 1. The third-order valence-corrected chi connectivity index (χ3v) is 7.19. The standard InChI is InChI=1S/C29H38N8O2/c1-19(2)29(36(3)4)39-35-33-21-12-14-22(15-13-21)37-28-25(27(30)31-18-32-28)26(34-37)20-10-16-24(17-11-20)38-23-8-6-5-7-9-23/h5-11,16-19,21-22,29,33,35H,12-15H2,1-4H3,(H2,30,31,32). The minimum atomic E-state index is -0.00759. The second kappa shape index (κ2) is 12.1. The van der Waals surface area contributed by atoms with Crippen LogP contribution in [-0.4, -0.2) is 51.0 Å².